The summed E-state index contributed by atoms with van der Waals surface area (Å²) in [5.74, 6) is 1.01. The van der Waals surface area contributed by atoms with Crippen molar-refractivity contribution in [2.24, 2.45) is 0 Å². The third-order valence-corrected chi connectivity index (χ3v) is 3.07. The minimum absolute atomic E-state index is 1.01. The van der Waals surface area contributed by atoms with Gasteiger partial charge in [0.2, 0.25) is 0 Å². The maximum absolute atomic E-state index is 4.62. The van der Waals surface area contributed by atoms with Crippen LogP contribution in [0.15, 0.2) is 0 Å². The van der Waals surface area contributed by atoms with Gasteiger partial charge in [0.15, 0.2) is 0 Å². The maximum Gasteiger partial charge on any atom is 0.128 e. The third-order valence-electron chi connectivity index (χ3n) is 3.07. The summed E-state index contributed by atoms with van der Waals surface area (Å²) in [5, 5.41) is 3.18. The summed E-state index contributed by atoms with van der Waals surface area (Å²) < 4.78 is 0. The summed E-state index contributed by atoms with van der Waals surface area (Å²) in [5.41, 5.74) is 3.67. The van der Waals surface area contributed by atoms with Crippen molar-refractivity contribution in [3.63, 3.8) is 0 Å². The van der Waals surface area contributed by atoms with E-state index < -0.39 is 0 Å². The summed E-state index contributed by atoms with van der Waals surface area (Å²) in [6, 6.07) is 0. The zero-order valence-corrected chi connectivity index (χ0v) is 11.6. The van der Waals surface area contributed by atoms with Crippen LogP contribution in [-0.4, -0.2) is 23.6 Å². The first kappa shape index (κ1) is 14.1. The third kappa shape index (κ3) is 4.43. The number of hydrogen-bond acceptors (Lipinski definition) is 3. The second-order valence-corrected chi connectivity index (χ2v) is 4.60. The van der Waals surface area contributed by atoms with Gasteiger partial charge in [0.25, 0.3) is 0 Å². The van der Waals surface area contributed by atoms with E-state index in [1.165, 1.54) is 29.8 Å². The Morgan fingerprint density at radius 2 is 1.65 bits per heavy atom. The van der Waals surface area contributed by atoms with Gasteiger partial charge < -0.3 is 5.32 Å². The standard InChI is InChI=1S/C14H25N3/c1-5-6-9-14-16-11(2)13(12(3)17-14)8-7-10-15-4/h15H,5-10H2,1-4H3. The minimum Gasteiger partial charge on any atom is -0.320 e. The van der Waals surface area contributed by atoms with Gasteiger partial charge in [0.05, 0.1) is 0 Å². The van der Waals surface area contributed by atoms with Crippen molar-refractivity contribution in [2.45, 2.75) is 52.9 Å². The van der Waals surface area contributed by atoms with Crippen molar-refractivity contribution in [1.82, 2.24) is 15.3 Å². The fraction of sp³-hybridized carbons (Fsp3) is 0.714. The van der Waals surface area contributed by atoms with Gasteiger partial charge in [0, 0.05) is 17.8 Å². The van der Waals surface area contributed by atoms with Crippen LogP contribution in [0, 0.1) is 13.8 Å². The molecule has 0 saturated heterocycles. The van der Waals surface area contributed by atoms with Crippen LogP contribution < -0.4 is 5.32 Å². The molecule has 1 heterocycles. The largest absolute Gasteiger partial charge is 0.320 e. The van der Waals surface area contributed by atoms with Gasteiger partial charge >= 0.3 is 0 Å². The molecule has 1 aromatic rings. The van der Waals surface area contributed by atoms with Gasteiger partial charge in [-0.25, -0.2) is 9.97 Å². The van der Waals surface area contributed by atoms with Gasteiger partial charge in [-0.15, -0.1) is 0 Å². The van der Waals surface area contributed by atoms with Crippen LogP contribution >= 0.6 is 0 Å². The molecule has 0 bridgehead atoms. The highest BCUT2D eigenvalue weighted by Crippen LogP contribution is 2.13. The van der Waals surface area contributed by atoms with Gasteiger partial charge in [0.1, 0.15) is 5.82 Å². The van der Waals surface area contributed by atoms with E-state index in [0.717, 1.165) is 31.6 Å². The van der Waals surface area contributed by atoms with Crippen LogP contribution in [0.25, 0.3) is 0 Å². The van der Waals surface area contributed by atoms with Crippen molar-refractivity contribution in [2.75, 3.05) is 13.6 Å². The Balaban J connectivity index is 2.72. The maximum atomic E-state index is 4.62. The average molecular weight is 235 g/mol. The zero-order valence-electron chi connectivity index (χ0n) is 11.6. The first-order chi connectivity index (χ1) is 8.19. The molecule has 0 aromatic carbocycles. The summed E-state index contributed by atoms with van der Waals surface area (Å²) in [4.78, 5) is 9.24. The predicted molar refractivity (Wildman–Crippen MR) is 72.4 cm³/mol. The SMILES string of the molecule is CCCCc1nc(C)c(CCCNC)c(C)n1. The highest BCUT2D eigenvalue weighted by Gasteiger charge is 2.07. The van der Waals surface area contributed by atoms with E-state index in [1.54, 1.807) is 0 Å². The lowest BCUT2D eigenvalue weighted by atomic mass is 10.1. The van der Waals surface area contributed by atoms with E-state index in [0.29, 0.717) is 0 Å². The lowest BCUT2D eigenvalue weighted by Crippen LogP contribution is -2.11. The van der Waals surface area contributed by atoms with Crippen molar-refractivity contribution >= 4 is 0 Å². The van der Waals surface area contributed by atoms with Gasteiger partial charge in [-0.1, -0.05) is 13.3 Å². The quantitative estimate of drug-likeness (QED) is 0.738. The molecule has 1 rings (SSSR count). The van der Waals surface area contributed by atoms with Crippen LogP contribution in [0.4, 0.5) is 0 Å². The first-order valence-corrected chi connectivity index (χ1v) is 6.66. The molecule has 1 aromatic heterocycles. The predicted octanol–water partition coefficient (Wildman–Crippen LogP) is 2.59. The van der Waals surface area contributed by atoms with E-state index in [4.69, 9.17) is 0 Å². The number of unbranched alkanes of at least 4 members (excludes halogenated alkanes) is 1. The number of aryl methyl sites for hydroxylation is 3. The van der Waals surface area contributed by atoms with E-state index in [-0.39, 0.29) is 0 Å². The molecular weight excluding hydrogens is 210 g/mol. The number of nitrogens with zero attached hydrogens (tertiary/aromatic N) is 2. The molecule has 0 aliphatic rings. The minimum atomic E-state index is 1.01. The Morgan fingerprint density at radius 3 is 2.18 bits per heavy atom. The molecule has 0 atom stereocenters. The first-order valence-electron chi connectivity index (χ1n) is 6.66. The van der Waals surface area contributed by atoms with Gasteiger partial charge in [-0.3, -0.25) is 0 Å². The van der Waals surface area contributed by atoms with Gasteiger partial charge in [-0.2, -0.15) is 0 Å². The Kier molecular flexibility index (Phi) is 6.12. The van der Waals surface area contributed by atoms with Crippen molar-refractivity contribution < 1.29 is 0 Å². The normalized spacial score (nSPS) is 10.8. The fourth-order valence-electron chi connectivity index (χ4n) is 2.06. The molecule has 1 N–H and O–H groups in total. The Labute approximate surface area is 105 Å². The topological polar surface area (TPSA) is 37.8 Å². The second kappa shape index (κ2) is 7.38. The van der Waals surface area contributed by atoms with Crippen molar-refractivity contribution in [3.05, 3.63) is 22.8 Å². The molecule has 0 fully saturated rings. The molecule has 0 radical (unpaired) electrons. The Bertz CT molecular complexity index is 324. The molecule has 0 unspecified atom stereocenters. The van der Waals surface area contributed by atoms with Crippen LogP contribution in [0.3, 0.4) is 0 Å². The van der Waals surface area contributed by atoms with Crippen LogP contribution in [-0.2, 0) is 12.8 Å². The van der Waals surface area contributed by atoms with E-state index in [1.807, 2.05) is 7.05 Å². The number of nitrogens with one attached hydrogen (secondary N) is 1. The highest BCUT2D eigenvalue weighted by atomic mass is 14.9. The summed E-state index contributed by atoms with van der Waals surface area (Å²) >= 11 is 0. The molecule has 17 heavy (non-hydrogen) atoms. The monoisotopic (exact) mass is 235 g/mol. The van der Waals surface area contributed by atoms with Gasteiger partial charge in [-0.05, 0) is 52.3 Å². The number of hydrogen-bond donors (Lipinski definition) is 1. The van der Waals surface area contributed by atoms with Crippen LogP contribution in [0.2, 0.25) is 0 Å². The van der Waals surface area contributed by atoms with Crippen LogP contribution in [0.5, 0.6) is 0 Å². The average Bonchev–Trinajstić information content (AvgIpc) is 2.30. The molecular formula is C14H25N3. The summed E-state index contributed by atoms with van der Waals surface area (Å²) in [6.45, 7) is 7.47. The smallest absolute Gasteiger partial charge is 0.128 e. The zero-order chi connectivity index (χ0) is 12.7. The van der Waals surface area contributed by atoms with Crippen LogP contribution in [0.1, 0.15) is 49.0 Å². The highest BCUT2D eigenvalue weighted by molar-refractivity contribution is 5.24. The van der Waals surface area contributed by atoms with E-state index >= 15 is 0 Å². The lowest BCUT2D eigenvalue weighted by molar-refractivity contribution is 0.702. The molecule has 0 saturated carbocycles. The molecule has 96 valence electrons. The molecule has 3 heteroatoms. The molecule has 0 spiro atoms. The second-order valence-electron chi connectivity index (χ2n) is 4.60. The number of aromatic nitrogens is 2. The molecule has 0 aliphatic heterocycles. The van der Waals surface area contributed by atoms with Crippen molar-refractivity contribution in [1.29, 1.82) is 0 Å². The Morgan fingerprint density at radius 1 is 1.00 bits per heavy atom. The van der Waals surface area contributed by atoms with E-state index in [9.17, 15) is 0 Å². The number of rotatable bonds is 7. The Hall–Kier alpha value is -0.960. The molecule has 0 amide bonds. The lowest BCUT2D eigenvalue weighted by Gasteiger charge is -2.10. The van der Waals surface area contributed by atoms with Crippen molar-refractivity contribution in [3.8, 4) is 0 Å². The summed E-state index contributed by atoms with van der Waals surface area (Å²) in [6.07, 6.45) is 5.61. The summed E-state index contributed by atoms with van der Waals surface area (Å²) in [7, 11) is 1.99. The van der Waals surface area contributed by atoms with E-state index in [2.05, 4.69) is 36.1 Å². The molecule has 3 nitrogen and oxygen atoms in total. The fourth-order valence-corrected chi connectivity index (χ4v) is 2.06. The molecule has 0 aliphatic carbocycles.